The van der Waals surface area contributed by atoms with Gasteiger partial charge in [-0.3, -0.25) is 14.6 Å². The molecule has 0 unspecified atom stereocenters. The molecule has 3 rings (SSSR count). The predicted octanol–water partition coefficient (Wildman–Crippen LogP) is 3.25. The smallest absolute Gasteiger partial charge is 0.270 e. The third-order valence-electron chi connectivity index (χ3n) is 3.86. The highest BCUT2D eigenvalue weighted by molar-refractivity contribution is 6.35. The van der Waals surface area contributed by atoms with Gasteiger partial charge in [0.15, 0.2) is 0 Å². The first-order valence-electron chi connectivity index (χ1n) is 8.02. The molecule has 0 spiro atoms. The molecule has 1 aromatic carbocycles. The lowest BCUT2D eigenvalue weighted by atomic mass is 10.1. The molecule has 1 fully saturated rings. The summed E-state index contributed by atoms with van der Waals surface area (Å²) in [5, 5.41) is 6.82. The van der Waals surface area contributed by atoms with Gasteiger partial charge in [0.2, 0.25) is 0 Å². The van der Waals surface area contributed by atoms with E-state index in [1.165, 1.54) is 12.3 Å². The molecule has 0 saturated heterocycles. The van der Waals surface area contributed by atoms with E-state index in [0.717, 1.165) is 18.4 Å². The summed E-state index contributed by atoms with van der Waals surface area (Å²) in [6.07, 6.45) is 4.05. The first kappa shape index (κ1) is 17.7. The van der Waals surface area contributed by atoms with Crippen molar-refractivity contribution in [3.8, 4) is 0 Å². The fraction of sp³-hybridized carbons (Fsp3) is 0.278. The largest absolute Gasteiger partial charge is 0.352 e. The van der Waals surface area contributed by atoms with E-state index in [1.807, 2.05) is 6.07 Å². The lowest BCUT2D eigenvalue weighted by molar-refractivity contribution is 0.0946. The summed E-state index contributed by atoms with van der Waals surface area (Å²) in [6.45, 7) is 0.423. The standard InChI is InChI=1S/C18H17Cl2N3O2/c19-13-2-1-11(15(20)10-13)5-8-22-17(24)12-6-7-21-16(9-12)18(25)23-14-3-4-14/h1-2,6-7,9-10,14H,3-5,8H2,(H,22,24)(H,23,25). The molecule has 2 amide bonds. The van der Waals surface area contributed by atoms with Gasteiger partial charge in [0.05, 0.1) is 0 Å². The van der Waals surface area contributed by atoms with Crippen molar-refractivity contribution in [3.05, 3.63) is 63.4 Å². The third kappa shape index (κ3) is 4.94. The topological polar surface area (TPSA) is 71.1 Å². The van der Waals surface area contributed by atoms with Crippen LogP contribution in [0, 0.1) is 0 Å². The van der Waals surface area contributed by atoms with Gasteiger partial charge in [-0.2, -0.15) is 0 Å². The number of nitrogens with one attached hydrogen (secondary N) is 2. The average Bonchev–Trinajstić information content (AvgIpc) is 3.41. The van der Waals surface area contributed by atoms with Crippen molar-refractivity contribution in [2.45, 2.75) is 25.3 Å². The maximum absolute atomic E-state index is 12.3. The summed E-state index contributed by atoms with van der Waals surface area (Å²) in [5.74, 6) is -0.502. The van der Waals surface area contributed by atoms with Crippen LogP contribution in [0.4, 0.5) is 0 Å². The number of pyridine rings is 1. The zero-order valence-corrected chi connectivity index (χ0v) is 14.9. The maximum atomic E-state index is 12.3. The van der Waals surface area contributed by atoms with Gasteiger partial charge in [-0.05, 0) is 49.1 Å². The van der Waals surface area contributed by atoms with Crippen LogP contribution in [0.15, 0.2) is 36.5 Å². The van der Waals surface area contributed by atoms with E-state index in [-0.39, 0.29) is 23.6 Å². The number of benzene rings is 1. The number of carbonyl (C=O) groups excluding carboxylic acids is 2. The third-order valence-corrected chi connectivity index (χ3v) is 4.45. The quantitative estimate of drug-likeness (QED) is 0.811. The molecule has 5 nitrogen and oxygen atoms in total. The fourth-order valence-electron chi connectivity index (χ4n) is 2.32. The first-order chi connectivity index (χ1) is 12.0. The highest BCUT2D eigenvalue weighted by atomic mass is 35.5. The SMILES string of the molecule is O=C(NCCc1ccc(Cl)cc1Cl)c1ccnc(C(=O)NC2CC2)c1. The van der Waals surface area contributed by atoms with Crippen molar-refractivity contribution >= 4 is 35.0 Å². The lowest BCUT2D eigenvalue weighted by Gasteiger charge is -2.08. The van der Waals surface area contributed by atoms with Crippen LogP contribution in [0.3, 0.4) is 0 Å². The second kappa shape index (κ2) is 7.85. The molecule has 2 N–H and O–H groups in total. The van der Waals surface area contributed by atoms with E-state index in [2.05, 4.69) is 15.6 Å². The van der Waals surface area contributed by atoms with Gasteiger partial charge in [0.1, 0.15) is 5.69 Å². The predicted molar refractivity (Wildman–Crippen MR) is 97.2 cm³/mol. The Morgan fingerprint density at radius 1 is 1.12 bits per heavy atom. The molecule has 0 atom stereocenters. The highest BCUT2D eigenvalue weighted by Crippen LogP contribution is 2.21. The second-order valence-electron chi connectivity index (χ2n) is 5.92. The van der Waals surface area contributed by atoms with Crippen LogP contribution in [-0.2, 0) is 6.42 Å². The van der Waals surface area contributed by atoms with Crippen LogP contribution in [0.1, 0.15) is 39.3 Å². The van der Waals surface area contributed by atoms with Crippen molar-refractivity contribution in [1.82, 2.24) is 15.6 Å². The summed E-state index contributed by atoms with van der Waals surface area (Å²) >= 11 is 12.0. The molecular formula is C18H17Cl2N3O2. The van der Waals surface area contributed by atoms with E-state index in [1.54, 1.807) is 18.2 Å². The Morgan fingerprint density at radius 3 is 2.64 bits per heavy atom. The summed E-state index contributed by atoms with van der Waals surface area (Å²) in [4.78, 5) is 28.3. The fourth-order valence-corrected chi connectivity index (χ4v) is 2.82. The number of hydrogen-bond donors (Lipinski definition) is 2. The number of aromatic nitrogens is 1. The molecule has 25 heavy (non-hydrogen) atoms. The van der Waals surface area contributed by atoms with Crippen LogP contribution in [-0.4, -0.2) is 29.4 Å². The molecule has 1 aromatic heterocycles. The Morgan fingerprint density at radius 2 is 1.92 bits per heavy atom. The zero-order valence-electron chi connectivity index (χ0n) is 13.4. The van der Waals surface area contributed by atoms with Gasteiger partial charge < -0.3 is 10.6 Å². The Balaban J connectivity index is 1.56. The van der Waals surface area contributed by atoms with E-state index >= 15 is 0 Å². The molecule has 1 aliphatic rings. The molecule has 1 heterocycles. The van der Waals surface area contributed by atoms with Gasteiger partial charge in [0, 0.05) is 34.4 Å². The Bertz CT molecular complexity index is 807. The van der Waals surface area contributed by atoms with E-state index in [4.69, 9.17) is 23.2 Å². The Kier molecular flexibility index (Phi) is 5.56. The first-order valence-corrected chi connectivity index (χ1v) is 8.77. The average molecular weight is 378 g/mol. The molecule has 0 bridgehead atoms. The minimum absolute atomic E-state index is 0.245. The second-order valence-corrected chi connectivity index (χ2v) is 6.76. The van der Waals surface area contributed by atoms with Crippen LogP contribution >= 0.6 is 23.2 Å². The monoisotopic (exact) mass is 377 g/mol. The van der Waals surface area contributed by atoms with Crippen LogP contribution in [0.2, 0.25) is 10.0 Å². The van der Waals surface area contributed by atoms with Crippen molar-refractivity contribution in [2.24, 2.45) is 0 Å². The zero-order chi connectivity index (χ0) is 17.8. The molecular weight excluding hydrogens is 361 g/mol. The molecule has 0 aliphatic heterocycles. The van der Waals surface area contributed by atoms with Gasteiger partial charge in [0.25, 0.3) is 11.8 Å². The Labute approximate surface area is 155 Å². The number of hydrogen-bond acceptors (Lipinski definition) is 3. The van der Waals surface area contributed by atoms with Crippen molar-refractivity contribution in [2.75, 3.05) is 6.54 Å². The maximum Gasteiger partial charge on any atom is 0.270 e. The van der Waals surface area contributed by atoms with Crippen LogP contribution < -0.4 is 10.6 Å². The summed E-state index contributed by atoms with van der Waals surface area (Å²) in [5.41, 5.74) is 1.56. The van der Waals surface area contributed by atoms with E-state index in [0.29, 0.717) is 28.6 Å². The lowest BCUT2D eigenvalue weighted by Crippen LogP contribution is -2.28. The summed E-state index contributed by atoms with van der Waals surface area (Å²) < 4.78 is 0. The molecule has 130 valence electrons. The minimum atomic E-state index is -0.257. The van der Waals surface area contributed by atoms with E-state index in [9.17, 15) is 9.59 Å². The molecule has 7 heteroatoms. The molecule has 2 aromatic rings. The van der Waals surface area contributed by atoms with Crippen molar-refractivity contribution in [1.29, 1.82) is 0 Å². The number of amides is 2. The van der Waals surface area contributed by atoms with Crippen LogP contribution in [0.25, 0.3) is 0 Å². The van der Waals surface area contributed by atoms with E-state index < -0.39 is 0 Å². The molecule has 0 radical (unpaired) electrons. The molecule has 1 saturated carbocycles. The normalized spacial score (nSPS) is 13.4. The minimum Gasteiger partial charge on any atom is -0.352 e. The van der Waals surface area contributed by atoms with Gasteiger partial charge in [-0.25, -0.2) is 0 Å². The number of carbonyl (C=O) groups is 2. The Hall–Kier alpha value is -2.11. The van der Waals surface area contributed by atoms with Crippen molar-refractivity contribution in [3.63, 3.8) is 0 Å². The van der Waals surface area contributed by atoms with Gasteiger partial charge >= 0.3 is 0 Å². The number of rotatable bonds is 6. The van der Waals surface area contributed by atoms with Gasteiger partial charge in [-0.1, -0.05) is 29.3 Å². The highest BCUT2D eigenvalue weighted by Gasteiger charge is 2.24. The van der Waals surface area contributed by atoms with Crippen molar-refractivity contribution < 1.29 is 9.59 Å². The number of halogens is 2. The summed E-state index contributed by atoms with van der Waals surface area (Å²) in [6, 6.07) is 8.60. The summed E-state index contributed by atoms with van der Waals surface area (Å²) in [7, 11) is 0. The van der Waals surface area contributed by atoms with Gasteiger partial charge in [-0.15, -0.1) is 0 Å². The van der Waals surface area contributed by atoms with Crippen LogP contribution in [0.5, 0.6) is 0 Å². The number of nitrogens with zero attached hydrogens (tertiary/aromatic N) is 1. The molecule has 1 aliphatic carbocycles.